The second-order valence-electron chi connectivity index (χ2n) is 4.65. The molecule has 3 rings (SSSR count). The number of aryl methyl sites for hydroxylation is 1. The summed E-state index contributed by atoms with van der Waals surface area (Å²) in [6, 6.07) is 2.50. The topological polar surface area (TPSA) is 126 Å². The number of carboxylic acid groups (broad SMARTS) is 1. The van der Waals surface area contributed by atoms with Gasteiger partial charge >= 0.3 is 5.97 Å². The third kappa shape index (κ3) is 1.81. The molecule has 8 nitrogen and oxygen atoms in total. The van der Waals surface area contributed by atoms with Crippen LogP contribution >= 0.6 is 0 Å². The summed E-state index contributed by atoms with van der Waals surface area (Å²) in [5, 5.41) is 9.34. The third-order valence-corrected chi connectivity index (χ3v) is 3.26. The predicted molar refractivity (Wildman–Crippen MR) is 71.1 cm³/mol. The number of rotatable bonds is 3. The molecule has 1 aliphatic carbocycles. The van der Waals surface area contributed by atoms with Crippen molar-refractivity contribution in [1.82, 2.24) is 9.97 Å². The van der Waals surface area contributed by atoms with E-state index in [1.165, 1.54) is 6.07 Å². The molecular weight excluding hydrogens is 292 g/mol. The molecule has 0 aliphatic heterocycles. The average molecular weight is 300 g/mol. The zero-order chi connectivity index (χ0) is 16.0. The van der Waals surface area contributed by atoms with Crippen LogP contribution in [0.15, 0.2) is 12.1 Å². The summed E-state index contributed by atoms with van der Waals surface area (Å²) < 4.78 is 4.51. The Balaban J connectivity index is 2.40. The number of H-pyrrole nitrogens is 1. The van der Waals surface area contributed by atoms with Crippen LogP contribution < -0.4 is 4.74 Å². The first-order valence-electron chi connectivity index (χ1n) is 6.11. The van der Waals surface area contributed by atoms with E-state index in [0.717, 1.165) is 6.07 Å². The third-order valence-electron chi connectivity index (χ3n) is 3.26. The van der Waals surface area contributed by atoms with Gasteiger partial charge in [0.2, 0.25) is 11.7 Å². The Morgan fingerprint density at radius 1 is 1.32 bits per heavy atom. The molecule has 1 aliphatic rings. The van der Waals surface area contributed by atoms with Crippen LogP contribution in [0, 0.1) is 6.92 Å². The van der Waals surface area contributed by atoms with E-state index in [-0.39, 0.29) is 40.4 Å². The molecule has 8 heteroatoms. The fourth-order valence-electron chi connectivity index (χ4n) is 2.41. The van der Waals surface area contributed by atoms with Gasteiger partial charge < -0.3 is 14.8 Å². The molecule has 0 saturated carbocycles. The number of aromatic carboxylic acids is 1. The lowest BCUT2D eigenvalue weighted by atomic mass is 9.89. The summed E-state index contributed by atoms with van der Waals surface area (Å²) >= 11 is 0. The van der Waals surface area contributed by atoms with E-state index in [1.807, 2.05) is 0 Å². The number of carbonyl (C=O) groups excluding carboxylic acids is 3. The number of Topliss-reactive ketones (excluding diaryl/α,β-unsaturated/α-hetero) is 2. The second kappa shape index (κ2) is 4.62. The smallest absolute Gasteiger partial charge is 0.336 e. The Bertz CT molecular complexity index is 864. The van der Waals surface area contributed by atoms with Gasteiger partial charge in [-0.05, 0) is 13.0 Å². The highest BCUT2D eigenvalue weighted by atomic mass is 16.5. The Morgan fingerprint density at radius 2 is 2.05 bits per heavy atom. The van der Waals surface area contributed by atoms with Gasteiger partial charge in [0.1, 0.15) is 5.69 Å². The molecule has 2 heterocycles. The molecular formula is C14H8N2O6. The van der Waals surface area contributed by atoms with Crippen molar-refractivity contribution in [2.45, 2.75) is 6.92 Å². The van der Waals surface area contributed by atoms with Crippen molar-refractivity contribution in [1.29, 1.82) is 0 Å². The summed E-state index contributed by atoms with van der Waals surface area (Å²) in [4.78, 5) is 52.7. The van der Waals surface area contributed by atoms with Crippen LogP contribution in [-0.2, 0) is 4.79 Å². The zero-order valence-corrected chi connectivity index (χ0v) is 11.2. The standard InChI is InChI=1S/C14H8N2O6/c1-5-2-7-10(15-5)9-6(14(20)21)3-8(22-4-17)16-11(9)13(19)12(7)18/h2-4,15H,1H3,(H,20,21). The highest BCUT2D eigenvalue weighted by Gasteiger charge is 2.36. The van der Waals surface area contributed by atoms with Crippen molar-refractivity contribution in [3.8, 4) is 17.1 Å². The SMILES string of the molecule is Cc1cc2c([nH]1)-c1c(C(=O)O)cc(OC=O)nc1C(=O)C2=O. The fourth-order valence-corrected chi connectivity index (χ4v) is 2.41. The van der Waals surface area contributed by atoms with E-state index in [2.05, 4.69) is 14.7 Å². The van der Waals surface area contributed by atoms with Crippen LogP contribution in [0.2, 0.25) is 0 Å². The van der Waals surface area contributed by atoms with Crippen LogP contribution in [0.4, 0.5) is 0 Å². The zero-order valence-electron chi connectivity index (χ0n) is 11.2. The quantitative estimate of drug-likeness (QED) is 0.639. The molecule has 22 heavy (non-hydrogen) atoms. The second-order valence-corrected chi connectivity index (χ2v) is 4.65. The van der Waals surface area contributed by atoms with Crippen LogP contribution in [0.25, 0.3) is 11.3 Å². The highest BCUT2D eigenvalue weighted by molar-refractivity contribution is 6.52. The van der Waals surface area contributed by atoms with Gasteiger partial charge in [0.05, 0.1) is 16.8 Å². The summed E-state index contributed by atoms with van der Waals surface area (Å²) in [6.07, 6.45) is 0. The van der Waals surface area contributed by atoms with Gasteiger partial charge in [-0.2, -0.15) is 0 Å². The number of carboxylic acids is 1. The van der Waals surface area contributed by atoms with Crippen molar-refractivity contribution in [2.75, 3.05) is 0 Å². The molecule has 0 amide bonds. The van der Waals surface area contributed by atoms with E-state index in [1.54, 1.807) is 6.92 Å². The van der Waals surface area contributed by atoms with Crippen molar-refractivity contribution < 1.29 is 29.0 Å². The summed E-state index contributed by atoms with van der Waals surface area (Å²) in [6.45, 7) is 1.73. The Morgan fingerprint density at radius 3 is 2.68 bits per heavy atom. The Kier molecular flexibility index (Phi) is 2.87. The lowest BCUT2D eigenvalue weighted by Gasteiger charge is -2.16. The number of hydrogen-bond donors (Lipinski definition) is 2. The molecule has 0 fully saturated rings. The summed E-state index contributed by atoms with van der Waals surface area (Å²) in [5.74, 6) is -3.44. The minimum Gasteiger partial charge on any atom is -0.478 e. The maximum atomic E-state index is 12.2. The number of aromatic amines is 1. The number of pyridine rings is 1. The number of aromatic nitrogens is 2. The lowest BCUT2D eigenvalue weighted by molar-refractivity contribution is -0.120. The van der Waals surface area contributed by atoms with E-state index >= 15 is 0 Å². The molecule has 2 aromatic heterocycles. The van der Waals surface area contributed by atoms with Crippen LogP contribution in [-0.4, -0.2) is 39.1 Å². The van der Waals surface area contributed by atoms with Crippen LogP contribution in [0.5, 0.6) is 5.88 Å². The van der Waals surface area contributed by atoms with Gasteiger partial charge in [-0.3, -0.25) is 14.4 Å². The van der Waals surface area contributed by atoms with E-state index in [0.29, 0.717) is 5.69 Å². The molecule has 0 spiro atoms. The average Bonchev–Trinajstić information content (AvgIpc) is 2.86. The van der Waals surface area contributed by atoms with Crippen molar-refractivity contribution in [2.24, 2.45) is 0 Å². The number of nitrogens with zero attached hydrogens (tertiary/aromatic N) is 1. The molecule has 2 aromatic rings. The van der Waals surface area contributed by atoms with Gasteiger partial charge in [-0.25, -0.2) is 9.78 Å². The Labute approximate surface area is 122 Å². The summed E-state index contributed by atoms with van der Waals surface area (Å²) in [7, 11) is 0. The summed E-state index contributed by atoms with van der Waals surface area (Å²) in [5.41, 5.74) is 0.298. The van der Waals surface area contributed by atoms with Gasteiger partial charge in [0, 0.05) is 17.3 Å². The molecule has 0 unspecified atom stereocenters. The minimum absolute atomic E-state index is 0.0125. The van der Waals surface area contributed by atoms with Gasteiger partial charge in [0.15, 0.2) is 0 Å². The lowest BCUT2D eigenvalue weighted by Crippen LogP contribution is -2.24. The first-order valence-corrected chi connectivity index (χ1v) is 6.11. The predicted octanol–water partition coefficient (Wildman–Crippen LogP) is 0.998. The maximum Gasteiger partial charge on any atom is 0.336 e. The normalized spacial score (nSPS) is 12.6. The van der Waals surface area contributed by atoms with Gasteiger partial charge in [-0.1, -0.05) is 0 Å². The van der Waals surface area contributed by atoms with E-state index < -0.39 is 17.5 Å². The monoisotopic (exact) mass is 300 g/mol. The minimum atomic E-state index is -1.34. The number of nitrogens with one attached hydrogen (secondary N) is 1. The molecule has 0 aromatic carbocycles. The Hall–Kier alpha value is -3.29. The maximum absolute atomic E-state index is 12.2. The molecule has 110 valence electrons. The van der Waals surface area contributed by atoms with Gasteiger partial charge in [0.25, 0.3) is 12.3 Å². The largest absolute Gasteiger partial charge is 0.478 e. The molecule has 0 bridgehead atoms. The number of hydrogen-bond acceptors (Lipinski definition) is 6. The number of ether oxygens (including phenoxy) is 1. The van der Waals surface area contributed by atoms with Crippen molar-refractivity contribution >= 4 is 24.0 Å². The van der Waals surface area contributed by atoms with Gasteiger partial charge in [-0.15, -0.1) is 0 Å². The van der Waals surface area contributed by atoms with E-state index in [9.17, 15) is 24.3 Å². The van der Waals surface area contributed by atoms with E-state index in [4.69, 9.17) is 0 Å². The van der Waals surface area contributed by atoms with Crippen molar-refractivity contribution in [3.63, 3.8) is 0 Å². The molecule has 0 atom stereocenters. The fraction of sp³-hybridized carbons (Fsp3) is 0.0714. The van der Waals surface area contributed by atoms with Crippen LogP contribution in [0.1, 0.15) is 36.9 Å². The highest BCUT2D eigenvalue weighted by Crippen LogP contribution is 2.36. The van der Waals surface area contributed by atoms with Crippen molar-refractivity contribution in [3.05, 3.63) is 34.6 Å². The number of carbonyl (C=O) groups is 4. The molecule has 2 N–H and O–H groups in total. The van der Waals surface area contributed by atoms with Crippen LogP contribution in [0.3, 0.4) is 0 Å². The molecule has 0 radical (unpaired) electrons. The molecule has 0 saturated heterocycles. The number of ketones is 2. The first kappa shape index (κ1) is 13.7. The number of fused-ring (bicyclic) bond motifs is 3. The first-order chi connectivity index (χ1) is 10.4.